The van der Waals surface area contributed by atoms with Crippen molar-refractivity contribution in [3.8, 4) is 0 Å². The predicted octanol–water partition coefficient (Wildman–Crippen LogP) is 2.80. The number of amides is 4. The lowest BCUT2D eigenvalue weighted by Crippen LogP contribution is -2.34. The third kappa shape index (κ3) is 52.1. The molecule has 5 aliphatic heterocycles. The van der Waals surface area contributed by atoms with Gasteiger partial charge in [0.2, 0.25) is 11.8 Å². The molecule has 16 N–H and O–H groups in total. The number of nitrogens with two attached hydrogens (primary N) is 3. The fourth-order valence-corrected chi connectivity index (χ4v) is 20.7. The number of carbonyl (C=O) groups excluding carboxylic acids is 7. The minimum Gasteiger partial charge on any atom is -0.394 e. The number of ether oxygens (including phenoxy) is 4. The maximum Gasteiger partial charge on any atom is 0.472 e. The standard InChI is InChI=1S/C34H58N4O17P2S2.C29H50N4O14P2S.C8H9NO6S.C5H8O3S.CH5N.CH4/c1-25(40)24-59(48,49)20-19-58-18-7-3-2-6-15-51-56(44,45)52-16-8-9-27-29(55-57(46,47)54-28-12-17-50-30(28)23-39)21-32(53-27)38-22-26(33(42)37-34(38)43)10-11-31(41)36-14-5-4-13-35;30-12-3-4-13-31-26(35)10-9-21-19-33(29(37)32-28(21)36)27-18-24(47-49(40,41)46-23-11-16-42-25(23)20-34)22(45-27)8-7-15-44-48(38,39)43-14-5-1-2-6-17-50;1-2-16(13,14)5-8(12)15-9-6(10)3-4-7(9)11;1-3-9(7,8)4-5(2)6;1-2;/h10-11,22,27-30,32,39H,2-9,12-21,23-24,35H2,1H3,(H,36,41)(H,44,45)(H,46,47)(H,37,42,43);9-10,19,22-25,27,34,50H,1-8,11-18,20,30H2,(H,31,35)(H,38,39)(H,40,41)(H,32,36,37);2H,1,3-5H2;3H,1,4H2,2H3;2H2,1H3;1H4/b11-10+;10-9+;;;;/i17T;16T;;;;. The Balaban J connectivity index is 0.000000740. The Morgan fingerprint density at radius 2 is 0.942 bits per heavy atom. The number of nitrogens with zero attached hydrogens (tertiary/aromatic N) is 3. The summed E-state index contributed by atoms with van der Waals surface area (Å²) in [5.41, 5.74) is 12.0. The Kier molecular flexibility index (Phi) is 59.2. The van der Waals surface area contributed by atoms with Gasteiger partial charge in [-0.2, -0.15) is 24.4 Å². The van der Waals surface area contributed by atoms with Crippen molar-refractivity contribution in [3.05, 3.63) is 101 Å². The number of aliphatic hydroxyl groups excluding tert-OH is 2. The fourth-order valence-electron chi connectivity index (χ4n) is 12.5. The smallest absolute Gasteiger partial charge is 0.394 e. The SMILES string of the molecule is C.C=CS(=O)(=O)CC(=O)ON1C(=O)CCC1=O.C=CS(=O)(=O)CC(C)=O.CN.[3H]C1CC(OP(=O)(O)OC2CC(n3cc(/C=C/C(=O)NCCCCN)c(=O)[nH]c3=O)OC2CCCOP(=O)(O)OCCCCCCS)C(CO)O1.[3H]C1CC(OP(=O)(O)OC2CC(n3cc(/C=C/C(=O)NCCCCN)c(=O)[nH]c3=O)OC2CCCOP(=O)(O)OCCCCCCSCCS(=O)(=O)CC(C)=O)C(CO)O1. The first-order valence-electron chi connectivity index (χ1n) is 44.2. The topological polar surface area (TPSA) is 747 Å². The van der Waals surface area contributed by atoms with Gasteiger partial charge in [0.25, 0.3) is 22.9 Å². The summed E-state index contributed by atoms with van der Waals surface area (Å²) in [6.07, 6.45) is 4.17. The van der Waals surface area contributed by atoms with Crippen molar-refractivity contribution in [1.29, 1.82) is 0 Å². The van der Waals surface area contributed by atoms with Gasteiger partial charge in [-0.05, 0) is 135 Å². The minimum atomic E-state index is -4.92. The number of carbonyl (C=O) groups is 7. The number of phosphoric ester groups is 4. The molecule has 59 heteroatoms. The van der Waals surface area contributed by atoms with Gasteiger partial charge in [-0.1, -0.05) is 46.3 Å². The fraction of sp³-hybridized carbons (Fsp3) is 0.705. The van der Waals surface area contributed by atoms with Crippen LogP contribution < -0.4 is 50.3 Å². The molecule has 137 heavy (non-hydrogen) atoms. The number of hydroxylamine groups is 2. The summed E-state index contributed by atoms with van der Waals surface area (Å²) < 4.78 is 199. The number of unbranched alkanes of at least 4 members (excludes halogenated alkanes) is 8. The second-order valence-corrected chi connectivity index (χ2v) is 43.6. The van der Waals surface area contributed by atoms with Gasteiger partial charge in [0, 0.05) is 106 Å². The summed E-state index contributed by atoms with van der Waals surface area (Å²) in [6, 6.07) is 0. The number of thiol groups is 1. The zero-order valence-electron chi connectivity index (χ0n) is 77.5. The number of thioether (sulfide) groups is 1. The van der Waals surface area contributed by atoms with Crippen molar-refractivity contribution in [2.45, 2.75) is 224 Å². The Bertz CT molecular complexity index is 5110. The summed E-state index contributed by atoms with van der Waals surface area (Å²) in [4.78, 5) is 180. The van der Waals surface area contributed by atoms with Gasteiger partial charge < -0.3 is 81.4 Å². The summed E-state index contributed by atoms with van der Waals surface area (Å²) in [5.74, 6) is -4.24. The maximum absolute atomic E-state index is 13.2. The van der Waals surface area contributed by atoms with Crippen LogP contribution in [0, 0.1) is 0 Å². The molecule has 2 aromatic rings. The lowest BCUT2D eigenvalue weighted by molar-refractivity contribution is -0.195. The first-order valence-corrected chi connectivity index (χ1v) is 56.0. The summed E-state index contributed by atoms with van der Waals surface area (Å²) in [7, 11) is -27.6. The van der Waals surface area contributed by atoms with Gasteiger partial charge in [-0.3, -0.25) is 93.6 Å². The van der Waals surface area contributed by atoms with E-state index in [1.54, 1.807) is 0 Å². The number of Topliss-reactive ketones (excluding diaryl/α,β-unsaturated/α-hetero) is 2. The van der Waals surface area contributed by atoms with E-state index in [1.165, 1.54) is 51.0 Å². The van der Waals surface area contributed by atoms with Gasteiger partial charge in [0.15, 0.2) is 35.3 Å². The number of rotatable bonds is 61. The first-order chi connectivity index (χ1) is 64.9. The van der Waals surface area contributed by atoms with Crippen LogP contribution in [0.25, 0.3) is 12.2 Å². The van der Waals surface area contributed by atoms with Crippen LogP contribution in [0.3, 0.4) is 0 Å². The summed E-state index contributed by atoms with van der Waals surface area (Å²) in [6.45, 7) is 6.30. The third-order valence-electron chi connectivity index (χ3n) is 19.0. The van der Waals surface area contributed by atoms with Gasteiger partial charge in [-0.25, -0.2) is 57.9 Å². The maximum atomic E-state index is 13.2. The predicted molar refractivity (Wildman–Crippen MR) is 504 cm³/mol. The molecule has 0 spiro atoms. The van der Waals surface area contributed by atoms with Crippen molar-refractivity contribution in [2.75, 3.05) is 126 Å². The minimum absolute atomic E-state index is 0. The molecule has 0 aliphatic carbocycles. The highest BCUT2D eigenvalue weighted by Crippen LogP contribution is 2.53. The number of sulfone groups is 3. The molecule has 16 atom stereocenters. The number of aromatic amines is 2. The van der Waals surface area contributed by atoms with Gasteiger partial charge >= 0.3 is 48.6 Å². The highest BCUT2D eigenvalue weighted by atomic mass is 32.2. The van der Waals surface area contributed by atoms with Gasteiger partial charge in [0.1, 0.15) is 59.9 Å². The van der Waals surface area contributed by atoms with Crippen molar-refractivity contribution in [3.63, 3.8) is 0 Å². The zero-order valence-corrected chi connectivity index (χ0v) is 83.3. The highest BCUT2D eigenvalue weighted by molar-refractivity contribution is 8.00. The van der Waals surface area contributed by atoms with Crippen molar-refractivity contribution in [2.24, 2.45) is 17.2 Å². The molecule has 50 nitrogen and oxygen atoms in total. The molecule has 5 saturated heterocycles. The number of imide groups is 1. The number of hydrogen-bond donors (Lipinski definition) is 14. The molecular formula is C78H134N10O40P4S5. The number of hydrogen-bond acceptors (Lipinski definition) is 41. The summed E-state index contributed by atoms with van der Waals surface area (Å²) >= 11 is 5.62. The number of aromatic nitrogens is 4. The molecule has 786 valence electrons. The van der Waals surface area contributed by atoms with Crippen LogP contribution >= 0.6 is 55.7 Å². The lowest BCUT2D eigenvalue weighted by Gasteiger charge is -2.24. The molecule has 2 aromatic heterocycles. The van der Waals surface area contributed by atoms with E-state index in [0.29, 0.717) is 80.9 Å². The van der Waals surface area contributed by atoms with Crippen molar-refractivity contribution < 1.29 is 170 Å². The van der Waals surface area contributed by atoms with E-state index in [1.807, 2.05) is 0 Å². The molecule has 7 rings (SSSR count). The summed E-state index contributed by atoms with van der Waals surface area (Å²) in [5, 5.41) is 26.1. The molecule has 16 unspecified atom stereocenters. The zero-order chi connectivity index (χ0) is 104. The van der Waals surface area contributed by atoms with Crippen LogP contribution in [0.2, 0.25) is 0 Å². The highest BCUT2D eigenvalue weighted by Gasteiger charge is 2.47. The Morgan fingerprint density at radius 1 is 0.555 bits per heavy atom. The quantitative estimate of drug-likeness (QED) is 0.0149. The van der Waals surface area contributed by atoms with Crippen LogP contribution in [0.15, 0.2) is 67.7 Å². The Hall–Kier alpha value is -6.16. The molecule has 0 saturated carbocycles. The molecule has 0 aromatic carbocycles. The monoisotopic (exact) mass is 2140 g/mol. The van der Waals surface area contributed by atoms with E-state index < -0.39 is 218 Å². The van der Waals surface area contributed by atoms with E-state index in [-0.39, 0.29) is 127 Å². The second kappa shape index (κ2) is 65.9. The van der Waals surface area contributed by atoms with Crippen LogP contribution in [-0.4, -0.2) is 296 Å². The normalized spacial score (nSPS) is 22.9. The van der Waals surface area contributed by atoms with E-state index in [0.717, 1.165) is 82.9 Å². The molecular weight excluding hydrogens is 2000 g/mol. The van der Waals surface area contributed by atoms with Crippen LogP contribution in [0.4, 0.5) is 0 Å². The Morgan fingerprint density at radius 3 is 1.32 bits per heavy atom. The van der Waals surface area contributed by atoms with E-state index >= 15 is 0 Å². The van der Waals surface area contributed by atoms with Crippen LogP contribution in [-0.2, 0) is 141 Å². The van der Waals surface area contributed by atoms with Crippen molar-refractivity contribution in [1.82, 2.24) is 34.8 Å². The average molecular weight is 2140 g/mol. The molecule has 4 amide bonds. The first kappa shape index (κ1) is 123. The second-order valence-electron chi connectivity index (χ2n) is 30.2. The molecule has 7 heterocycles. The van der Waals surface area contributed by atoms with E-state index in [4.69, 9.17) is 69.3 Å². The largest absolute Gasteiger partial charge is 0.472 e. The third-order valence-corrected chi connectivity index (χ3v) is 29.0. The Labute approximate surface area is 807 Å². The number of ketones is 2. The molecule has 5 aliphatic rings. The molecule has 0 radical (unpaired) electrons. The van der Waals surface area contributed by atoms with E-state index in [2.05, 4.69) is 57.0 Å². The van der Waals surface area contributed by atoms with E-state index in [9.17, 15) is 126 Å². The molecule has 5 fully saturated rings. The van der Waals surface area contributed by atoms with Crippen LogP contribution in [0.5, 0.6) is 0 Å². The number of H-pyrrole nitrogens is 2. The number of nitrogens with one attached hydrogen (secondary N) is 4. The van der Waals surface area contributed by atoms with Crippen LogP contribution in [0.1, 0.15) is 189 Å². The molecule has 0 bridgehead atoms. The van der Waals surface area contributed by atoms with Gasteiger partial charge in [-0.15, -0.1) is 5.06 Å². The number of phosphoric acid groups is 4. The lowest BCUT2D eigenvalue weighted by atomic mass is 10.1. The number of aliphatic hydroxyl groups is 2. The van der Waals surface area contributed by atoms with Crippen molar-refractivity contribution >= 4 is 139 Å². The van der Waals surface area contributed by atoms with Gasteiger partial charge in [0.05, 0.1) is 83.7 Å². The average Bonchev–Trinajstić information content (AvgIpc) is 1.66.